The minimum absolute atomic E-state index is 0.463. The van der Waals surface area contributed by atoms with E-state index in [0.717, 1.165) is 39.4 Å². The summed E-state index contributed by atoms with van der Waals surface area (Å²) in [6.45, 7) is 9.06. The summed E-state index contributed by atoms with van der Waals surface area (Å²) in [5, 5.41) is 10.8. The maximum atomic E-state index is 7.59. The van der Waals surface area contributed by atoms with Crippen molar-refractivity contribution in [3.05, 3.63) is 12.3 Å². The Hall–Kier alpha value is -1.20. The van der Waals surface area contributed by atoms with Gasteiger partial charge >= 0.3 is 0 Å². The third-order valence-corrected chi connectivity index (χ3v) is 2.53. The number of hydrogen-bond acceptors (Lipinski definition) is 4. The van der Waals surface area contributed by atoms with Crippen LogP contribution in [0, 0.1) is 5.41 Å². The summed E-state index contributed by atoms with van der Waals surface area (Å²) in [6.07, 6.45) is 3.56. The number of nitrogens with one attached hydrogen (secondary N) is 2. The number of allylic oxidation sites excluding steroid dienone is 1. The number of hydrogen-bond donors (Lipinski definition) is 2. The Morgan fingerprint density at radius 2 is 2.18 bits per heavy atom. The topological polar surface area (TPSA) is 60.7 Å². The summed E-state index contributed by atoms with van der Waals surface area (Å²) in [4.78, 5) is 6.53. The van der Waals surface area contributed by atoms with E-state index in [1.165, 1.54) is 0 Å². The first-order chi connectivity index (χ1) is 8.24. The van der Waals surface area contributed by atoms with Crippen molar-refractivity contribution < 1.29 is 4.74 Å². The van der Waals surface area contributed by atoms with E-state index in [9.17, 15) is 0 Å². The maximum absolute atomic E-state index is 7.59. The van der Waals surface area contributed by atoms with Gasteiger partial charge in [-0.1, -0.05) is 6.08 Å². The number of rotatable bonds is 5. The molecule has 17 heavy (non-hydrogen) atoms. The van der Waals surface area contributed by atoms with Crippen LogP contribution < -0.4 is 5.32 Å². The van der Waals surface area contributed by atoms with E-state index in [4.69, 9.17) is 10.1 Å². The summed E-state index contributed by atoms with van der Waals surface area (Å²) >= 11 is 0. The van der Waals surface area contributed by atoms with Crippen LogP contribution in [0.5, 0.6) is 0 Å². The van der Waals surface area contributed by atoms with Crippen molar-refractivity contribution in [3.63, 3.8) is 0 Å². The quantitative estimate of drug-likeness (QED) is 0.552. The zero-order valence-electron chi connectivity index (χ0n) is 10.7. The molecule has 0 bridgehead atoms. The molecule has 0 aliphatic carbocycles. The van der Waals surface area contributed by atoms with Gasteiger partial charge in [0, 0.05) is 32.4 Å². The molecule has 0 saturated carbocycles. The first-order valence-corrected chi connectivity index (χ1v) is 6.02. The average Bonchev–Trinajstić information content (AvgIpc) is 2.34. The van der Waals surface area contributed by atoms with Crippen LogP contribution in [-0.2, 0) is 4.74 Å². The van der Waals surface area contributed by atoms with Crippen LogP contribution >= 0.6 is 0 Å². The lowest BCUT2D eigenvalue weighted by Crippen LogP contribution is -2.42. The standard InChI is InChI=1S/C12H22N4O/c1-3-4-14-12(11(2)13)15-5-6-16-7-9-17-10-8-16/h3-4,13H,5-10H2,1-2H3,(H,14,15)/b4-3-,13-11?. The molecule has 0 amide bonds. The van der Waals surface area contributed by atoms with E-state index in [0.29, 0.717) is 11.5 Å². The molecule has 0 atom stereocenters. The van der Waals surface area contributed by atoms with Crippen LogP contribution in [0.1, 0.15) is 13.8 Å². The first-order valence-electron chi connectivity index (χ1n) is 6.02. The van der Waals surface area contributed by atoms with Gasteiger partial charge in [-0.2, -0.15) is 0 Å². The first kappa shape index (κ1) is 13.9. The lowest BCUT2D eigenvalue weighted by atomic mass is 10.3. The number of morpholine rings is 1. The molecular weight excluding hydrogens is 216 g/mol. The Balaban J connectivity index is 2.29. The summed E-state index contributed by atoms with van der Waals surface area (Å²) in [6, 6.07) is 0. The van der Waals surface area contributed by atoms with Gasteiger partial charge in [0.05, 0.1) is 18.9 Å². The van der Waals surface area contributed by atoms with E-state index in [2.05, 4.69) is 15.2 Å². The lowest BCUT2D eigenvalue weighted by Gasteiger charge is -2.26. The molecule has 0 unspecified atom stereocenters. The van der Waals surface area contributed by atoms with Gasteiger partial charge in [-0.05, 0) is 13.8 Å². The summed E-state index contributed by atoms with van der Waals surface area (Å²) in [5.74, 6) is 0.649. The molecule has 5 nitrogen and oxygen atoms in total. The van der Waals surface area contributed by atoms with Gasteiger partial charge in [-0.15, -0.1) is 0 Å². The Kier molecular flexibility index (Phi) is 6.50. The van der Waals surface area contributed by atoms with Crippen molar-refractivity contribution in [2.45, 2.75) is 13.8 Å². The molecule has 1 rings (SSSR count). The second-order valence-electron chi connectivity index (χ2n) is 3.97. The van der Waals surface area contributed by atoms with Gasteiger partial charge in [0.25, 0.3) is 0 Å². The summed E-state index contributed by atoms with van der Waals surface area (Å²) < 4.78 is 5.29. The molecule has 1 fully saturated rings. The van der Waals surface area contributed by atoms with Crippen LogP contribution in [0.4, 0.5) is 0 Å². The second-order valence-corrected chi connectivity index (χ2v) is 3.97. The Labute approximate surface area is 103 Å². The van der Waals surface area contributed by atoms with Crippen LogP contribution in [0.15, 0.2) is 17.3 Å². The molecule has 1 heterocycles. The van der Waals surface area contributed by atoms with E-state index < -0.39 is 0 Å². The van der Waals surface area contributed by atoms with Crippen LogP contribution in [0.3, 0.4) is 0 Å². The Bertz CT molecular complexity index is 293. The highest BCUT2D eigenvalue weighted by Crippen LogP contribution is 1.94. The number of nitrogens with zero attached hydrogens (tertiary/aromatic N) is 2. The minimum atomic E-state index is 0.463. The minimum Gasteiger partial charge on any atom is -0.379 e. The molecule has 0 radical (unpaired) electrons. The number of amidine groups is 1. The fraction of sp³-hybridized carbons (Fsp3) is 0.667. The fourth-order valence-corrected chi connectivity index (χ4v) is 1.58. The van der Waals surface area contributed by atoms with E-state index in [1.807, 2.05) is 13.0 Å². The van der Waals surface area contributed by atoms with Gasteiger partial charge in [-0.25, -0.2) is 4.99 Å². The smallest absolute Gasteiger partial charge is 0.146 e. The molecule has 0 spiro atoms. The molecule has 0 aromatic rings. The fourth-order valence-electron chi connectivity index (χ4n) is 1.58. The van der Waals surface area contributed by atoms with Crippen molar-refractivity contribution in [3.8, 4) is 0 Å². The second kappa shape index (κ2) is 7.97. The van der Waals surface area contributed by atoms with E-state index in [1.54, 1.807) is 13.1 Å². The van der Waals surface area contributed by atoms with Crippen LogP contribution in [0.2, 0.25) is 0 Å². The predicted molar refractivity (Wildman–Crippen MR) is 70.9 cm³/mol. The molecule has 0 aromatic heterocycles. The SMILES string of the molecule is C/C=C\N=C(\NCCN1CCOCC1)C(C)=N. The van der Waals surface area contributed by atoms with Crippen molar-refractivity contribution >= 4 is 11.5 Å². The molecule has 0 aromatic carbocycles. The van der Waals surface area contributed by atoms with E-state index in [-0.39, 0.29) is 0 Å². The largest absolute Gasteiger partial charge is 0.379 e. The normalized spacial score (nSPS) is 18.6. The van der Waals surface area contributed by atoms with Crippen molar-refractivity contribution in [1.82, 2.24) is 10.2 Å². The van der Waals surface area contributed by atoms with Crippen molar-refractivity contribution in [2.75, 3.05) is 39.4 Å². The highest BCUT2D eigenvalue weighted by atomic mass is 16.5. The van der Waals surface area contributed by atoms with Gasteiger partial charge < -0.3 is 15.5 Å². The molecule has 2 N–H and O–H groups in total. The monoisotopic (exact) mass is 238 g/mol. The Morgan fingerprint density at radius 1 is 1.47 bits per heavy atom. The van der Waals surface area contributed by atoms with Crippen LogP contribution in [-0.4, -0.2) is 55.8 Å². The molecule has 1 aliphatic rings. The molecule has 1 aliphatic heterocycles. The number of ether oxygens (including phenoxy) is 1. The molecule has 5 heteroatoms. The van der Waals surface area contributed by atoms with Crippen molar-refractivity contribution in [1.29, 1.82) is 5.41 Å². The van der Waals surface area contributed by atoms with Gasteiger partial charge in [0.1, 0.15) is 5.84 Å². The molecular formula is C12H22N4O. The summed E-state index contributed by atoms with van der Waals surface area (Å²) in [7, 11) is 0. The molecule has 1 saturated heterocycles. The lowest BCUT2D eigenvalue weighted by molar-refractivity contribution is 0.0389. The Morgan fingerprint density at radius 3 is 2.76 bits per heavy atom. The number of aliphatic imine (C=N–C) groups is 1. The predicted octanol–water partition coefficient (Wildman–Crippen LogP) is 0.880. The molecule has 96 valence electrons. The third kappa shape index (κ3) is 5.60. The highest BCUT2D eigenvalue weighted by molar-refractivity contribution is 6.39. The zero-order chi connectivity index (χ0) is 12.5. The van der Waals surface area contributed by atoms with Crippen molar-refractivity contribution in [2.24, 2.45) is 4.99 Å². The zero-order valence-corrected chi connectivity index (χ0v) is 10.7. The van der Waals surface area contributed by atoms with Gasteiger partial charge in [0.2, 0.25) is 0 Å². The highest BCUT2D eigenvalue weighted by Gasteiger charge is 2.09. The van der Waals surface area contributed by atoms with E-state index >= 15 is 0 Å². The summed E-state index contributed by atoms with van der Waals surface area (Å²) in [5.41, 5.74) is 0.463. The average molecular weight is 238 g/mol. The van der Waals surface area contributed by atoms with Gasteiger partial charge in [-0.3, -0.25) is 4.90 Å². The third-order valence-electron chi connectivity index (χ3n) is 2.53. The maximum Gasteiger partial charge on any atom is 0.146 e. The van der Waals surface area contributed by atoms with Crippen LogP contribution in [0.25, 0.3) is 0 Å². The van der Waals surface area contributed by atoms with Gasteiger partial charge in [0.15, 0.2) is 0 Å².